The summed E-state index contributed by atoms with van der Waals surface area (Å²) in [7, 11) is 0. The molecule has 0 atom stereocenters. The number of nitrogens with one attached hydrogen (secondary N) is 2. The van der Waals surface area contributed by atoms with E-state index in [2.05, 4.69) is 16.7 Å². The maximum Gasteiger partial charge on any atom is 0.222 e. The van der Waals surface area contributed by atoms with E-state index in [0.717, 1.165) is 11.4 Å². The Morgan fingerprint density at radius 2 is 2.20 bits per heavy atom. The lowest BCUT2D eigenvalue weighted by atomic mass is 10.2. The van der Waals surface area contributed by atoms with Crippen molar-refractivity contribution in [3.63, 3.8) is 0 Å². The van der Waals surface area contributed by atoms with Crippen LogP contribution in [-0.4, -0.2) is 12.5 Å². The van der Waals surface area contributed by atoms with Gasteiger partial charge in [0.05, 0.1) is 24.4 Å². The first-order valence-corrected chi connectivity index (χ1v) is 6.31. The molecular weight excluding hydrogens is 254 g/mol. The molecule has 1 aromatic carbocycles. The van der Waals surface area contributed by atoms with Gasteiger partial charge in [0.15, 0.2) is 0 Å². The van der Waals surface area contributed by atoms with E-state index >= 15 is 0 Å². The summed E-state index contributed by atoms with van der Waals surface area (Å²) >= 11 is 0. The van der Waals surface area contributed by atoms with Crippen molar-refractivity contribution in [2.45, 2.75) is 13.0 Å². The number of furan rings is 1. The fourth-order valence-corrected chi connectivity index (χ4v) is 1.71. The Balaban J connectivity index is 1.70. The summed E-state index contributed by atoms with van der Waals surface area (Å²) in [6.07, 6.45) is 1.93. The summed E-state index contributed by atoms with van der Waals surface area (Å²) in [6.45, 7) is 0.911. The summed E-state index contributed by atoms with van der Waals surface area (Å²) in [5, 5.41) is 14.7. The molecule has 102 valence electrons. The topological polar surface area (TPSA) is 78.1 Å². The van der Waals surface area contributed by atoms with E-state index in [1.165, 1.54) is 0 Å². The van der Waals surface area contributed by atoms with Crippen LogP contribution in [0.3, 0.4) is 0 Å². The predicted molar refractivity (Wildman–Crippen MR) is 74.8 cm³/mol. The molecule has 0 aliphatic rings. The first-order chi connectivity index (χ1) is 9.78. The molecule has 0 unspecified atom stereocenters. The van der Waals surface area contributed by atoms with Crippen LogP contribution < -0.4 is 10.6 Å². The molecule has 5 heteroatoms. The van der Waals surface area contributed by atoms with Crippen LogP contribution in [0.1, 0.15) is 17.7 Å². The SMILES string of the molecule is N#Cc1cccc(NCCC(=O)NCc2ccco2)c1. The zero-order valence-corrected chi connectivity index (χ0v) is 10.9. The number of amides is 1. The van der Waals surface area contributed by atoms with Crippen LogP contribution in [-0.2, 0) is 11.3 Å². The summed E-state index contributed by atoms with van der Waals surface area (Å²) in [6, 6.07) is 12.8. The minimum Gasteiger partial charge on any atom is -0.467 e. The highest BCUT2D eigenvalue weighted by Gasteiger charge is 2.02. The third-order valence-electron chi connectivity index (χ3n) is 2.71. The lowest BCUT2D eigenvalue weighted by molar-refractivity contribution is -0.121. The lowest BCUT2D eigenvalue weighted by Gasteiger charge is -2.07. The average molecular weight is 269 g/mol. The molecule has 2 aromatic rings. The van der Waals surface area contributed by atoms with Crippen molar-refractivity contribution >= 4 is 11.6 Å². The molecule has 0 spiro atoms. The number of carbonyl (C=O) groups excluding carboxylic acids is 1. The Labute approximate surface area is 117 Å². The zero-order chi connectivity index (χ0) is 14.2. The van der Waals surface area contributed by atoms with Crippen LogP contribution in [0, 0.1) is 11.3 Å². The first kappa shape index (κ1) is 13.7. The second-order valence-electron chi connectivity index (χ2n) is 4.23. The number of rotatable bonds is 6. The minimum absolute atomic E-state index is 0.0506. The van der Waals surface area contributed by atoms with Gasteiger partial charge in [-0.3, -0.25) is 4.79 Å². The Morgan fingerprint density at radius 3 is 2.95 bits per heavy atom. The Bertz CT molecular complexity index is 600. The molecular formula is C15H15N3O2. The van der Waals surface area contributed by atoms with Gasteiger partial charge in [-0.2, -0.15) is 5.26 Å². The fourth-order valence-electron chi connectivity index (χ4n) is 1.71. The van der Waals surface area contributed by atoms with E-state index in [9.17, 15) is 4.79 Å². The molecule has 0 saturated carbocycles. The van der Waals surface area contributed by atoms with Crippen LogP contribution in [0.5, 0.6) is 0 Å². The van der Waals surface area contributed by atoms with Crippen LogP contribution in [0.2, 0.25) is 0 Å². The van der Waals surface area contributed by atoms with Crippen molar-refractivity contribution in [3.8, 4) is 6.07 Å². The minimum atomic E-state index is -0.0506. The molecule has 0 saturated heterocycles. The summed E-state index contributed by atoms with van der Waals surface area (Å²) in [5.41, 5.74) is 1.43. The quantitative estimate of drug-likeness (QED) is 0.843. The number of anilines is 1. The van der Waals surface area contributed by atoms with Gasteiger partial charge in [-0.15, -0.1) is 0 Å². The van der Waals surface area contributed by atoms with Gasteiger partial charge in [-0.25, -0.2) is 0 Å². The molecule has 20 heavy (non-hydrogen) atoms. The van der Waals surface area contributed by atoms with Crippen molar-refractivity contribution in [2.75, 3.05) is 11.9 Å². The monoisotopic (exact) mass is 269 g/mol. The highest BCUT2D eigenvalue weighted by atomic mass is 16.3. The van der Waals surface area contributed by atoms with Gasteiger partial charge in [-0.1, -0.05) is 6.07 Å². The maximum absolute atomic E-state index is 11.6. The number of nitriles is 1. The van der Waals surface area contributed by atoms with Gasteiger partial charge in [0.25, 0.3) is 0 Å². The molecule has 0 aliphatic carbocycles. The molecule has 1 heterocycles. The van der Waals surface area contributed by atoms with Crippen molar-refractivity contribution < 1.29 is 9.21 Å². The molecule has 0 bridgehead atoms. The molecule has 0 fully saturated rings. The molecule has 0 aliphatic heterocycles. The number of hydrogen-bond donors (Lipinski definition) is 2. The predicted octanol–water partition coefficient (Wildman–Crippen LogP) is 2.27. The number of hydrogen-bond acceptors (Lipinski definition) is 4. The van der Waals surface area contributed by atoms with Crippen molar-refractivity contribution in [1.29, 1.82) is 5.26 Å². The van der Waals surface area contributed by atoms with Crippen LogP contribution >= 0.6 is 0 Å². The van der Waals surface area contributed by atoms with Gasteiger partial charge in [-0.05, 0) is 30.3 Å². The molecule has 2 rings (SSSR count). The van der Waals surface area contributed by atoms with Gasteiger partial charge in [0, 0.05) is 18.7 Å². The van der Waals surface area contributed by atoms with Crippen LogP contribution in [0.25, 0.3) is 0 Å². The van der Waals surface area contributed by atoms with Crippen molar-refractivity contribution in [2.24, 2.45) is 0 Å². The largest absolute Gasteiger partial charge is 0.467 e. The number of benzene rings is 1. The third kappa shape index (κ3) is 4.18. The maximum atomic E-state index is 11.6. The average Bonchev–Trinajstić information content (AvgIpc) is 2.99. The number of carbonyl (C=O) groups is 1. The standard InChI is InChI=1S/C15H15N3O2/c16-10-12-3-1-4-13(9-12)17-7-6-15(19)18-11-14-5-2-8-20-14/h1-5,8-9,17H,6-7,11H2,(H,18,19). The van der Waals surface area contributed by atoms with Crippen molar-refractivity contribution in [3.05, 3.63) is 54.0 Å². The van der Waals surface area contributed by atoms with Crippen LogP contribution in [0.15, 0.2) is 47.1 Å². The highest BCUT2D eigenvalue weighted by Crippen LogP contribution is 2.09. The Kier molecular flexibility index (Phi) is 4.79. The van der Waals surface area contributed by atoms with E-state index in [0.29, 0.717) is 25.1 Å². The number of nitrogens with zero attached hydrogens (tertiary/aromatic N) is 1. The second kappa shape index (κ2) is 7.00. The lowest BCUT2D eigenvalue weighted by Crippen LogP contribution is -2.24. The Morgan fingerprint density at radius 1 is 1.30 bits per heavy atom. The highest BCUT2D eigenvalue weighted by molar-refractivity contribution is 5.76. The molecule has 5 nitrogen and oxygen atoms in total. The van der Waals surface area contributed by atoms with E-state index in [1.54, 1.807) is 30.5 Å². The molecule has 1 aromatic heterocycles. The van der Waals surface area contributed by atoms with E-state index < -0.39 is 0 Å². The fraction of sp³-hybridized carbons (Fsp3) is 0.200. The van der Waals surface area contributed by atoms with E-state index in [-0.39, 0.29) is 5.91 Å². The Hall–Kier alpha value is -2.74. The molecule has 2 N–H and O–H groups in total. The second-order valence-corrected chi connectivity index (χ2v) is 4.23. The van der Waals surface area contributed by atoms with Gasteiger partial charge >= 0.3 is 0 Å². The first-order valence-electron chi connectivity index (χ1n) is 6.31. The van der Waals surface area contributed by atoms with Gasteiger partial charge < -0.3 is 15.1 Å². The molecule has 0 radical (unpaired) electrons. The van der Waals surface area contributed by atoms with E-state index in [4.69, 9.17) is 9.68 Å². The van der Waals surface area contributed by atoms with Gasteiger partial charge in [0.2, 0.25) is 5.91 Å². The zero-order valence-electron chi connectivity index (χ0n) is 10.9. The van der Waals surface area contributed by atoms with Crippen LogP contribution in [0.4, 0.5) is 5.69 Å². The summed E-state index contributed by atoms with van der Waals surface area (Å²) < 4.78 is 5.12. The molecule has 1 amide bonds. The van der Waals surface area contributed by atoms with Gasteiger partial charge in [0.1, 0.15) is 5.76 Å². The van der Waals surface area contributed by atoms with E-state index in [1.807, 2.05) is 12.1 Å². The summed E-state index contributed by atoms with van der Waals surface area (Å²) in [4.78, 5) is 11.6. The third-order valence-corrected chi connectivity index (χ3v) is 2.71. The van der Waals surface area contributed by atoms with Crippen molar-refractivity contribution in [1.82, 2.24) is 5.32 Å². The smallest absolute Gasteiger partial charge is 0.222 e. The normalized spacial score (nSPS) is 9.75. The summed E-state index contributed by atoms with van der Waals surface area (Å²) in [5.74, 6) is 0.679.